The molecular weight excluding hydrogens is 415 g/mol. The van der Waals surface area contributed by atoms with Crippen molar-refractivity contribution in [3.63, 3.8) is 0 Å². The maximum atomic E-state index is 4.48. The summed E-state index contributed by atoms with van der Waals surface area (Å²) in [6, 6.07) is 1.86. The maximum absolute atomic E-state index is 4.48. The lowest BCUT2D eigenvalue weighted by molar-refractivity contribution is 0.316. The van der Waals surface area contributed by atoms with E-state index in [1.165, 1.54) is 25.7 Å². The van der Waals surface area contributed by atoms with Crippen molar-refractivity contribution in [1.82, 2.24) is 20.2 Å². The monoisotopic (exact) mass is 444 g/mol. The highest BCUT2D eigenvalue weighted by molar-refractivity contribution is 14.0. The minimum atomic E-state index is 0. The fraction of sp³-hybridized carbons (Fsp3) is 0.706. The Morgan fingerprint density at radius 2 is 1.79 bits per heavy atom. The van der Waals surface area contributed by atoms with Crippen LogP contribution in [0.1, 0.15) is 32.6 Å². The van der Waals surface area contributed by atoms with E-state index in [2.05, 4.69) is 37.0 Å². The fourth-order valence-electron chi connectivity index (χ4n) is 3.60. The number of hydrogen-bond donors (Lipinski definition) is 1. The van der Waals surface area contributed by atoms with Crippen molar-refractivity contribution in [2.75, 3.05) is 44.7 Å². The predicted octanol–water partition coefficient (Wildman–Crippen LogP) is 2.37. The van der Waals surface area contributed by atoms with Gasteiger partial charge in [0.25, 0.3) is 0 Å². The number of aliphatic imine (C=N–C) groups is 1. The molecule has 2 fully saturated rings. The van der Waals surface area contributed by atoms with Gasteiger partial charge in [-0.2, -0.15) is 0 Å². The molecule has 0 unspecified atom stereocenters. The van der Waals surface area contributed by atoms with E-state index in [4.69, 9.17) is 0 Å². The van der Waals surface area contributed by atoms with E-state index in [1.54, 1.807) is 12.4 Å². The van der Waals surface area contributed by atoms with Crippen LogP contribution in [0.2, 0.25) is 0 Å². The third-order valence-electron chi connectivity index (χ3n) is 5.11. The molecule has 3 rings (SSSR count). The largest absolute Gasteiger partial charge is 0.356 e. The lowest BCUT2D eigenvalue weighted by Crippen LogP contribution is -2.53. The topological polar surface area (TPSA) is 56.7 Å². The standard InChI is InChI=1S/C17H28N6.HI/c1-17(6-3-4-7-17)14-21-15(18-2)22-10-12-23(13-11-22)16-19-8-5-9-20-16;/h5,8-9H,3-4,6-7,10-14H2,1-2H3,(H,18,21);1H. The average Bonchev–Trinajstić information content (AvgIpc) is 3.04. The zero-order valence-corrected chi connectivity index (χ0v) is 17.1. The van der Waals surface area contributed by atoms with Gasteiger partial charge < -0.3 is 15.1 Å². The van der Waals surface area contributed by atoms with Crippen LogP contribution in [0.5, 0.6) is 0 Å². The molecule has 24 heavy (non-hydrogen) atoms. The Kier molecular flexibility index (Phi) is 7.06. The Labute approximate surface area is 162 Å². The number of aromatic nitrogens is 2. The number of nitrogens with one attached hydrogen (secondary N) is 1. The summed E-state index contributed by atoms with van der Waals surface area (Å²) >= 11 is 0. The number of rotatable bonds is 3. The summed E-state index contributed by atoms with van der Waals surface area (Å²) in [5.74, 6) is 1.86. The number of halogens is 1. The molecule has 0 radical (unpaired) electrons. The number of nitrogens with zero attached hydrogens (tertiary/aromatic N) is 5. The predicted molar refractivity (Wildman–Crippen MR) is 109 cm³/mol. The highest BCUT2D eigenvalue weighted by Gasteiger charge is 2.29. The molecule has 7 heteroatoms. The van der Waals surface area contributed by atoms with Crippen LogP contribution in [-0.2, 0) is 0 Å². The van der Waals surface area contributed by atoms with Crippen molar-refractivity contribution < 1.29 is 0 Å². The summed E-state index contributed by atoms with van der Waals surface area (Å²) in [6.45, 7) is 7.19. The highest BCUT2D eigenvalue weighted by Crippen LogP contribution is 2.36. The van der Waals surface area contributed by atoms with Gasteiger partial charge in [0.1, 0.15) is 0 Å². The second kappa shape index (κ2) is 8.82. The van der Waals surface area contributed by atoms with Crippen LogP contribution in [0.15, 0.2) is 23.5 Å². The van der Waals surface area contributed by atoms with Crippen molar-refractivity contribution in [3.05, 3.63) is 18.5 Å². The maximum Gasteiger partial charge on any atom is 0.225 e. The first-order valence-corrected chi connectivity index (χ1v) is 8.68. The van der Waals surface area contributed by atoms with Gasteiger partial charge in [0.15, 0.2) is 5.96 Å². The smallest absolute Gasteiger partial charge is 0.225 e. The molecule has 1 aromatic rings. The summed E-state index contributed by atoms with van der Waals surface area (Å²) in [6.07, 6.45) is 9.00. The van der Waals surface area contributed by atoms with Gasteiger partial charge in [-0.1, -0.05) is 19.8 Å². The highest BCUT2D eigenvalue weighted by atomic mass is 127. The minimum Gasteiger partial charge on any atom is -0.356 e. The van der Waals surface area contributed by atoms with Crippen LogP contribution >= 0.6 is 24.0 Å². The molecule has 0 amide bonds. The van der Waals surface area contributed by atoms with Crippen molar-refractivity contribution in [3.8, 4) is 0 Å². The zero-order valence-electron chi connectivity index (χ0n) is 14.7. The van der Waals surface area contributed by atoms with Gasteiger partial charge in [-0.3, -0.25) is 4.99 Å². The normalized spacial score (nSPS) is 20.7. The van der Waals surface area contributed by atoms with E-state index < -0.39 is 0 Å². The Balaban J connectivity index is 0.00000208. The second-order valence-electron chi connectivity index (χ2n) is 6.94. The van der Waals surface area contributed by atoms with E-state index in [-0.39, 0.29) is 24.0 Å². The lowest BCUT2D eigenvalue weighted by atomic mass is 9.89. The first-order valence-electron chi connectivity index (χ1n) is 8.68. The molecule has 1 saturated heterocycles. The second-order valence-corrected chi connectivity index (χ2v) is 6.94. The van der Waals surface area contributed by atoms with Crippen molar-refractivity contribution in [2.45, 2.75) is 32.6 Å². The molecule has 0 atom stereocenters. The van der Waals surface area contributed by atoms with Gasteiger partial charge in [0, 0.05) is 52.2 Å². The molecule has 0 bridgehead atoms. The van der Waals surface area contributed by atoms with Crippen LogP contribution < -0.4 is 10.2 Å². The first-order chi connectivity index (χ1) is 11.2. The molecule has 6 nitrogen and oxygen atoms in total. The quantitative estimate of drug-likeness (QED) is 0.441. The molecule has 1 aliphatic carbocycles. The van der Waals surface area contributed by atoms with Crippen molar-refractivity contribution in [1.29, 1.82) is 0 Å². The van der Waals surface area contributed by atoms with Crippen LogP contribution in [-0.4, -0.2) is 60.6 Å². The van der Waals surface area contributed by atoms with Gasteiger partial charge in [0.2, 0.25) is 5.95 Å². The average molecular weight is 444 g/mol. The van der Waals surface area contributed by atoms with Crippen LogP contribution in [0.25, 0.3) is 0 Å². The van der Waals surface area contributed by atoms with Gasteiger partial charge in [-0.25, -0.2) is 9.97 Å². The Bertz CT molecular complexity index is 521. The summed E-state index contributed by atoms with van der Waals surface area (Å²) in [7, 11) is 1.88. The summed E-state index contributed by atoms with van der Waals surface area (Å²) < 4.78 is 0. The molecule has 1 aliphatic heterocycles. The number of anilines is 1. The molecule has 1 N–H and O–H groups in total. The third-order valence-corrected chi connectivity index (χ3v) is 5.11. The number of guanidine groups is 1. The molecular formula is C17H29IN6. The van der Waals surface area contributed by atoms with Crippen molar-refractivity contribution in [2.24, 2.45) is 10.4 Å². The first kappa shape index (κ1) is 19.2. The SMILES string of the molecule is CN=C(NCC1(C)CCCC1)N1CCN(c2ncccn2)CC1.I. The molecule has 2 aliphatic rings. The van der Waals surface area contributed by atoms with Gasteiger partial charge in [-0.05, 0) is 24.3 Å². The molecule has 2 heterocycles. The van der Waals surface area contributed by atoms with Crippen molar-refractivity contribution >= 4 is 35.9 Å². The van der Waals surface area contributed by atoms with Crippen LogP contribution in [0.4, 0.5) is 5.95 Å². The van der Waals surface area contributed by atoms with E-state index in [1.807, 2.05) is 13.1 Å². The number of hydrogen-bond acceptors (Lipinski definition) is 4. The van der Waals surface area contributed by atoms with Gasteiger partial charge in [-0.15, -0.1) is 24.0 Å². The Hall–Kier alpha value is -1.12. The van der Waals surface area contributed by atoms with Gasteiger partial charge >= 0.3 is 0 Å². The van der Waals surface area contributed by atoms with E-state index in [0.717, 1.165) is 44.6 Å². The molecule has 134 valence electrons. The van der Waals surface area contributed by atoms with Crippen LogP contribution in [0, 0.1) is 5.41 Å². The van der Waals surface area contributed by atoms with Crippen LogP contribution in [0.3, 0.4) is 0 Å². The molecule has 0 aromatic carbocycles. The van der Waals surface area contributed by atoms with E-state index in [9.17, 15) is 0 Å². The molecule has 0 spiro atoms. The molecule has 1 aromatic heterocycles. The minimum absolute atomic E-state index is 0. The van der Waals surface area contributed by atoms with E-state index >= 15 is 0 Å². The fourth-order valence-corrected chi connectivity index (χ4v) is 3.60. The third kappa shape index (κ3) is 4.70. The van der Waals surface area contributed by atoms with E-state index in [0.29, 0.717) is 5.41 Å². The Morgan fingerprint density at radius 3 is 2.38 bits per heavy atom. The summed E-state index contributed by atoms with van der Waals surface area (Å²) in [5, 5.41) is 3.60. The van der Waals surface area contributed by atoms with Gasteiger partial charge in [0.05, 0.1) is 0 Å². The Morgan fingerprint density at radius 1 is 1.17 bits per heavy atom. The lowest BCUT2D eigenvalue weighted by Gasteiger charge is -2.37. The summed E-state index contributed by atoms with van der Waals surface area (Å²) in [5.41, 5.74) is 0.440. The summed E-state index contributed by atoms with van der Waals surface area (Å²) in [4.78, 5) is 17.7. The zero-order chi connectivity index (χ0) is 16.1. The molecule has 1 saturated carbocycles. The number of piperazine rings is 1.